The molecule has 1 amide bonds. The van der Waals surface area contributed by atoms with Crippen molar-refractivity contribution in [3.05, 3.63) is 88.3 Å². The van der Waals surface area contributed by atoms with E-state index in [1.807, 2.05) is 30.3 Å². The molecular formula is C34H38F6N4O3S2. The molecule has 15 heteroatoms. The first-order chi connectivity index (χ1) is 23.2. The number of halogens is 6. The van der Waals surface area contributed by atoms with Crippen LogP contribution in [0.3, 0.4) is 0 Å². The van der Waals surface area contributed by atoms with Gasteiger partial charge in [-0.2, -0.15) is 30.6 Å². The van der Waals surface area contributed by atoms with Gasteiger partial charge in [-0.1, -0.05) is 36.4 Å². The lowest BCUT2D eigenvalue weighted by molar-refractivity contribution is -0.143. The summed E-state index contributed by atoms with van der Waals surface area (Å²) in [6.45, 7) is 4.06. The van der Waals surface area contributed by atoms with Crippen LogP contribution in [-0.4, -0.2) is 97.3 Å². The van der Waals surface area contributed by atoms with E-state index in [4.69, 9.17) is 0 Å². The second kappa shape index (κ2) is 14.3. The van der Waals surface area contributed by atoms with E-state index in [1.54, 1.807) is 21.8 Å². The molecule has 7 nitrogen and oxygen atoms in total. The van der Waals surface area contributed by atoms with E-state index in [-0.39, 0.29) is 24.7 Å². The Labute approximate surface area is 286 Å². The molecule has 3 saturated heterocycles. The van der Waals surface area contributed by atoms with E-state index in [0.29, 0.717) is 48.7 Å². The Morgan fingerprint density at radius 2 is 1.41 bits per heavy atom. The summed E-state index contributed by atoms with van der Waals surface area (Å²) in [6, 6.07) is 13.5. The summed E-state index contributed by atoms with van der Waals surface area (Å²) < 4.78 is 110. The molecule has 3 aliphatic heterocycles. The van der Waals surface area contributed by atoms with Crippen molar-refractivity contribution in [2.24, 2.45) is 0 Å². The molecule has 3 fully saturated rings. The Hall–Kier alpha value is -2.98. The minimum absolute atomic E-state index is 0.0393. The molecule has 0 radical (unpaired) electrons. The Morgan fingerprint density at radius 3 is 2.00 bits per heavy atom. The van der Waals surface area contributed by atoms with E-state index >= 15 is 0 Å². The zero-order valence-electron chi connectivity index (χ0n) is 26.7. The normalized spacial score (nSPS) is 23.9. The highest BCUT2D eigenvalue weighted by molar-refractivity contribution is 7.91. The van der Waals surface area contributed by atoms with Gasteiger partial charge in [0.2, 0.25) is 0 Å². The van der Waals surface area contributed by atoms with Crippen LogP contribution in [0.5, 0.6) is 0 Å². The Morgan fingerprint density at radius 1 is 0.776 bits per heavy atom. The Balaban J connectivity index is 1.15. The molecule has 0 unspecified atom stereocenters. The number of sulfonamides is 1. The fourth-order valence-electron chi connectivity index (χ4n) is 7.40. The van der Waals surface area contributed by atoms with Gasteiger partial charge in [0.1, 0.15) is 4.21 Å². The monoisotopic (exact) mass is 728 g/mol. The number of piperidine rings is 2. The van der Waals surface area contributed by atoms with Crippen molar-refractivity contribution in [3.63, 3.8) is 0 Å². The molecule has 49 heavy (non-hydrogen) atoms. The number of likely N-dealkylation sites (tertiary alicyclic amines) is 1. The summed E-state index contributed by atoms with van der Waals surface area (Å²) >= 11 is 1.22. The lowest BCUT2D eigenvalue weighted by Crippen LogP contribution is -2.59. The molecule has 3 aliphatic rings. The van der Waals surface area contributed by atoms with Gasteiger partial charge < -0.3 is 4.90 Å². The smallest absolute Gasteiger partial charge is 0.335 e. The summed E-state index contributed by atoms with van der Waals surface area (Å²) in [4.78, 5) is 19.9. The molecule has 3 aromatic rings. The molecule has 0 N–H and O–H groups in total. The molecule has 4 heterocycles. The minimum Gasteiger partial charge on any atom is -0.335 e. The number of nitrogens with zero attached hydrogens (tertiary/aromatic N) is 4. The van der Waals surface area contributed by atoms with Crippen LogP contribution in [0.25, 0.3) is 0 Å². The lowest BCUT2D eigenvalue weighted by atomic mass is 9.90. The first kappa shape index (κ1) is 35.8. The summed E-state index contributed by atoms with van der Waals surface area (Å²) in [7, 11) is -3.53. The van der Waals surface area contributed by atoms with Crippen molar-refractivity contribution in [3.8, 4) is 0 Å². The summed E-state index contributed by atoms with van der Waals surface area (Å²) in [5, 5.41) is 1.76. The van der Waals surface area contributed by atoms with Gasteiger partial charge in [0.25, 0.3) is 15.9 Å². The maximum Gasteiger partial charge on any atom is 0.416 e. The maximum absolute atomic E-state index is 13.8. The molecule has 0 aliphatic carbocycles. The van der Waals surface area contributed by atoms with Gasteiger partial charge in [0.15, 0.2) is 0 Å². The van der Waals surface area contributed by atoms with Crippen LogP contribution in [-0.2, 0) is 28.8 Å². The maximum atomic E-state index is 13.8. The zero-order chi connectivity index (χ0) is 35.0. The number of carbonyl (C=O) groups is 1. The number of thiophene rings is 1. The van der Waals surface area contributed by atoms with Crippen molar-refractivity contribution in [2.75, 3.05) is 45.8 Å². The Kier molecular flexibility index (Phi) is 10.5. The zero-order valence-corrected chi connectivity index (χ0v) is 28.3. The van der Waals surface area contributed by atoms with E-state index in [2.05, 4.69) is 9.80 Å². The number of carbonyl (C=O) groups excluding carboxylic acids is 1. The van der Waals surface area contributed by atoms with Crippen LogP contribution in [0.15, 0.2) is 70.3 Å². The fourth-order valence-corrected chi connectivity index (χ4v) is 10.1. The fraction of sp³-hybridized carbons (Fsp3) is 0.500. The van der Waals surface area contributed by atoms with E-state index in [0.717, 1.165) is 44.6 Å². The number of amides is 1. The SMILES string of the molecule is O=C(c1cc(C(F)(F)F)cc(C(F)(F)F)c1)N1CC[C@H](N2CCN([C@H]3CCCN(S(=O)(=O)c4cccs4)C3)CC2)C[C@H]1Cc1ccccc1. The molecule has 266 valence electrons. The summed E-state index contributed by atoms with van der Waals surface area (Å²) in [6.07, 6.45) is -6.97. The standard InChI is InChI=1S/C34H38F6N4O3S2/c35-33(36,37)26-19-25(20-27(21-26)34(38,39)40)32(45)44-12-10-28(22-30(44)18-24-6-2-1-3-7-24)41-13-15-42(16-14-41)29-8-4-11-43(23-29)49(46,47)31-9-5-17-48-31/h1-3,5-7,9,17,19-21,28-30H,4,8,10-16,18,22-23H2/t28-,29-,30+/m0/s1. The van der Waals surface area contributed by atoms with Gasteiger partial charge in [0, 0.05) is 69.5 Å². The number of hydrogen-bond donors (Lipinski definition) is 0. The van der Waals surface area contributed by atoms with Gasteiger partial charge in [-0.3, -0.25) is 14.6 Å². The highest BCUT2D eigenvalue weighted by atomic mass is 32.2. The number of alkyl halides is 6. The van der Waals surface area contributed by atoms with Crippen molar-refractivity contribution >= 4 is 27.3 Å². The van der Waals surface area contributed by atoms with E-state index in [1.165, 1.54) is 16.2 Å². The Bertz CT molecular complexity index is 1660. The van der Waals surface area contributed by atoms with Gasteiger partial charge in [-0.25, -0.2) is 8.42 Å². The third-order valence-electron chi connectivity index (χ3n) is 9.93. The van der Waals surface area contributed by atoms with Gasteiger partial charge in [-0.05, 0) is 67.3 Å². The average Bonchev–Trinajstić information content (AvgIpc) is 3.64. The molecule has 0 spiro atoms. The minimum atomic E-state index is -5.05. The van der Waals surface area contributed by atoms with Crippen LogP contribution < -0.4 is 0 Å². The van der Waals surface area contributed by atoms with E-state index < -0.39 is 51.0 Å². The highest BCUT2D eigenvalue weighted by Crippen LogP contribution is 2.37. The molecule has 6 rings (SSSR count). The van der Waals surface area contributed by atoms with Crippen LogP contribution in [0.1, 0.15) is 52.7 Å². The van der Waals surface area contributed by atoms with Gasteiger partial charge in [-0.15, -0.1) is 11.3 Å². The summed E-state index contributed by atoms with van der Waals surface area (Å²) in [5.74, 6) is -0.847. The molecular weight excluding hydrogens is 691 g/mol. The third kappa shape index (κ3) is 8.16. The lowest BCUT2D eigenvalue weighted by Gasteiger charge is -2.48. The summed E-state index contributed by atoms with van der Waals surface area (Å²) in [5.41, 5.74) is -2.74. The van der Waals surface area contributed by atoms with Gasteiger partial charge >= 0.3 is 12.4 Å². The van der Waals surface area contributed by atoms with E-state index in [9.17, 15) is 39.6 Å². The third-order valence-corrected chi connectivity index (χ3v) is 13.2. The van der Waals surface area contributed by atoms with Crippen LogP contribution in [0.2, 0.25) is 0 Å². The molecule has 0 saturated carbocycles. The second-order valence-electron chi connectivity index (χ2n) is 13.0. The predicted molar refractivity (Wildman–Crippen MR) is 174 cm³/mol. The predicted octanol–water partition coefficient (Wildman–Crippen LogP) is 6.47. The van der Waals surface area contributed by atoms with Crippen LogP contribution in [0.4, 0.5) is 26.3 Å². The topological polar surface area (TPSA) is 64.2 Å². The first-order valence-corrected chi connectivity index (χ1v) is 18.7. The first-order valence-electron chi connectivity index (χ1n) is 16.4. The van der Waals surface area contributed by atoms with Crippen molar-refractivity contribution in [1.82, 2.24) is 19.0 Å². The van der Waals surface area contributed by atoms with Crippen molar-refractivity contribution in [1.29, 1.82) is 0 Å². The quantitative estimate of drug-likeness (QED) is 0.261. The van der Waals surface area contributed by atoms with Gasteiger partial charge in [0.05, 0.1) is 11.1 Å². The molecule has 1 aromatic heterocycles. The average molecular weight is 729 g/mol. The van der Waals surface area contributed by atoms with Crippen molar-refractivity contribution in [2.45, 2.75) is 66.8 Å². The molecule has 3 atom stereocenters. The molecule has 0 bridgehead atoms. The van der Waals surface area contributed by atoms with Crippen LogP contribution in [0, 0.1) is 0 Å². The number of piperazine rings is 1. The molecule has 2 aromatic carbocycles. The number of hydrogen-bond acceptors (Lipinski definition) is 6. The van der Waals surface area contributed by atoms with Crippen molar-refractivity contribution < 1.29 is 39.6 Å². The largest absolute Gasteiger partial charge is 0.416 e. The number of rotatable bonds is 7. The second-order valence-corrected chi connectivity index (χ2v) is 16.1. The van der Waals surface area contributed by atoms with Crippen LogP contribution >= 0.6 is 11.3 Å². The number of benzene rings is 2. The highest BCUT2D eigenvalue weighted by Gasteiger charge is 2.41.